The normalized spacial score (nSPS) is 20.4. The third-order valence-corrected chi connectivity index (χ3v) is 3.01. The highest BCUT2D eigenvalue weighted by molar-refractivity contribution is 5.76. The first-order chi connectivity index (χ1) is 7.83. The number of benzene rings is 1. The smallest absolute Gasteiger partial charge is 0.122 e. The number of aryl methyl sites for hydroxylation is 1. The van der Waals surface area contributed by atoms with Crippen LogP contribution in [0.2, 0.25) is 0 Å². The van der Waals surface area contributed by atoms with Crippen LogP contribution in [0.25, 0.3) is 11.0 Å². The van der Waals surface area contributed by atoms with Crippen molar-refractivity contribution < 1.29 is 4.74 Å². The van der Waals surface area contributed by atoms with E-state index >= 15 is 0 Å². The largest absolute Gasteiger partial charge is 0.489 e. The second-order valence-corrected chi connectivity index (χ2v) is 4.24. The van der Waals surface area contributed by atoms with Gasteiger partial charge in [0.1, 0.15) is 11.9 Å². The van der Waals surface area contributed by atoms with Crippen molar-refractivity contribution in [2.75, 3.05) is 13.1 Å². The Hall–Kier alpha value is -1.55. The molecule has 2 heterocycles. The quantitative estimate of drug-likeness (QED) is 0.824. The fourth-order valence-electron chi connectivity index (χ4n) is 2.10. The lowest BCUT2D eigenvalue weighted by Gasteiger charge is -2.12. The molecule has 1 aromatic heterocycles. The fourth-order valence-corrected chi connectivity index (χ4v) is 2.10. The van der Waals surface area contributed by atoms with Crippen molar-refractivity contribution in [3.8, 4) is 5.75 Å². The zero-order valence-electron chi connectivity index (χ0n) is 9.31. The number of hydrogen-bond donors (Lipinski definition) is 1. The second-order valence-electron chi connectivity index (χ2n) is 4.24. The summed E-state index contributed by atoms with van der Waals surface area (Å²) in [5.74, 6) is 0.935. The number of hydrogen-bond acceptors (Lipinski definition) is 3. The van der Waals surface area contributed by atoms with E-state index in [-0.39, 0.29) is 0 Å². The monoisotopic (exact) mass is 217 g/mol. The van der Waals surface area contributed by atoms with Crippen LogP contribution in [-0.2, 0) is 7.05 Å². The van der Waals surface area contributed by atoms with E-state index in [1.807, 2.05) is 30.1 Å². The van der Waals surface area contributed by atoms with Crippen LogP contribution in [0.5, 0.6) is 5.75 Å². The molecule has 0 saturated carbocycles. The maximum absolute atomic E-state index is 5.90. The molecule has 16 heavy (non-hydrogen) atoms. The summed E-state index contributed by atoms with van der Waals surface area (Å²) in [6.45, 7) is 2.00. The fraction of sp³-hybridized carbons (Fsp3) is 0.417. The lowest BCUT2D eigenvalue weighted by atomic mass is 10.2. The Morgan fingerprint density at radius 2 is 2.44 bits per heavy atom. The van der Waals surface area contributed by atoms with Crippen molar-refractivity contribution in [1.29, 1.82) is 0 Å². The summed E-state index contributed by atoms with van der Waals surface area (Å²) in [6.07, 6.45) is 3.22. The summed E-state index contributed by atoms with van der Waals surface area (Å²) in [5, 5.41) is 3.29. The van der Waals surface area contributed by atoms with E-state index in [9.17, 15) is 0 Å². The maximum atomic E-state index is 5.90. The average Bonchev–Trinajstić information content (AvgIpc) is 2.90. The molecule has 0 aliphatic carbocycles. The highest BCUT2D eigenvalue weighted by atomic mass is 16.5. The highest BCUT2D eigenvalue weighted by Crippen LogP contribution is 2.21. The second kappa shape index (κ2) is 3.79. The molecule has 2 aromatic rings. The highest BCUT2D eigenvalue weighted by Gasteiger charge is 2.16. The Bertz CT molecular complexity index is 500. The van der Waals surface area contributed by atoms with Crippen molar-refractivity contribution in [3.63, 3.8) is 0 Å². The summed E-state index contributed by atoms with van der Waals surface area (Å²) in [7, 11) is 2.00. The molecule has 1 N–H and O–H groups in total. The van der Waals surface area contributed by atoms with Crippen LogP contribution >= 0.6 is 0 Å². The van der Waals surface area contributed by atoms with Gasteiger partial charge in [-0.25, -0.2) is 4.98 Å². The minimum atomic E-state index is 0.311. The number of aromatic nitrogens is 2. The number of nitrogens with one attached hydrogen (secondary N) is 1. The summed E-state index contributed by atoms with van der Waals surface area (Å²) in [6, 6.07) is 6.06. The zero-order valence-corrected chi connectivity index (χ0v) is 9.31. The minimum Gasteiger partial charge on any atom is -0.489 e. The molecule has 0 bridgehead atoms. The summed E-state index contributed by atoms with van der Waals surface area (Å²) >= 11 is 0. The van der Waals surface area contributed by atoms with E-state index in [1.165, 1.54) is 0 Å². The number of rotatable bonds is 2. The van der Waals surface area contributed by atoms with Gasteiger partial charge in [0.2, 0.25) is 0 Å². The third-order valence-electron chi connectivity index (χ3n) is 3.01. The Morgan fingerprint density at radius 3 is 3.25 bits per heavy atom. The Labute approximate surface area is 94.2 Å². The number of imidazole rings is 1. The minimum absolute atomic E-state index is 0.311. The molecule has 1 atom stereocenters. The molecule has 4 nitrogen and oxygen atoms in total. The average molecular weight is 217 g/mol. The first-order valence-electron chi connectivity index (χ1n) is 5.61. The van der Waals surface area contributed by atoms with E-state index in [1.54, 1.807) is 0 Å². The van der Waals surface area contributed by atoms with Gasteiger partial charge >= 0.3 is 0 Å². The van der Waals surface area contributed by atoms with Crippen molar-refractivity contribution in [3.05, 3.63) is 24.5 Å². The van der Waals surface area contributed by atoms with Gasteiger partial charge in [0.25, 0.3) is 0 Å². The van der Waals surface area contributed by atoms with Crippen LogP contribution in [0.15, 0.2) is 24.5 Å². The van der Waals surface area contributed by atoms with E-state index < -0.39 is 0 Å². The van der Waals surface area contributed by atoms with E-state index in [4.69, 9.17) is 4.74 Å². The molecule has 1 aromatic carbocycles. The molecule has 3 rings (SSSR count). The number of nitrogens with zero attached hydrogens (tertiary/aromatic N) is 2. The molecule has 1 aliphatic heterocycles. The predicted octanol–water partition coefficient (Wildman–Crippen LogP) is 1.31. The summed E-state index contributed by atoms with van der Waals surface area (Å²) < 4.78 is 7.91. The Morgan fingerprint density at radius 1 is 1.50 bits per heavy atom. The van der Waals surface area contributed by atoms with Crippen LogP contribution in [0, 0.1) is 0 Å². The van der Waals surface area contributed by atoms with Gasteiger partial charge in [-0.05, 0) is 25.1 Å². The van der Waals surface area contributed by atoms with Crippen molar-refractivity contribution in [2.24, 2.45) is 7.05 Å². The van der Waals surface area contributed by atoms with Crippen LogP contribution in [0.3, 0.4) is 0 Å². The number of ether oxygens (including phenoxy) is 1. The summed E-state index contributed by atoms with van der Waals surface area (Å²) in [4.78, 5) is 4.29. The molecule has 1 fully saturated rings. The van der Waals surface area contributed by atoms with Gasteiger partial charge < -0.3 is 14.6 Å². The Balaban J connectivity index is 1.88. The van der Waals surface area contributed by atoms with E-state index in [2.05, 4.69) is 16.4 Å². The lowest BCUT2D eigenvalue weighted by Crippen LogP contribution is -2.19. The van der Waals surface area contributed by atoms with Crippen molar-refractivity contribution in [2.45, 2.75) is 12.5 Å². The van der Waals surface area contributed by atoms with Gasteiger partial charge in [-0.15, -0.1) is 0 Å². The van der Waals surface area contributed by atoms with Crippen LogP contribution < -0.4 is 10.1 Å². The SMILES string of the molecule is Cn1cnc2ccc(OC3CCNC3)cc21. The van der Waals surface area contributed by atoms with Crippen LogP contribution in [-0.4, -0.2) is 28.7 Å². The van der Waals surface area contributed by atoms with Gasteiger partial charge in [0, 0.05) is 19.7 Å². The van der Waals surface area contributed by atoms with Crippen LogP contribution in [0.4, 0.5) is 0 Å². The zero-order chi connectivity index (χ0) is 11.0. The summed E-state index contributed by atoms with van der Waals surface area (Å²) in [5.41, 5.74) is 2.13. The molecule has 0 radical (unpaired) electrons. The standard InChI is InChI=1S/C12H15N3O/c1-15-8-14-11-3-2-9(6-12(11)15)16-10-4-5-13-7-10/h2-3,6,8,10,13H,4-5,7H2,1H3. The van der Waals surface area contributed by atoms with Gasteiger partial charge in [0.05, 0.1) is 17.4 Å². The number of fused-ring (bicyclic) bond motifs is 1. The van der Waals surface area contributed by atoms with E-state index in [0.717, 1.165) is 36.3 Å². The first-order valence-corrected chi connectivity index (χ1v) is 5.61. The van der Waals surface area contributed by atoms with E-state index in [0.29, 0.717) is 6.10 Å². The molecule has 0 amide bonds. The lowest BCUT2D eigenvalue weighted by molar-refractivity contribution is 0.223. The third kappa shape index (κ3) is 1.65. The molecule has 1 aliphatic rings. The predicted molar refractivity (Wildman–Crippen MR) is 62.6 cm³/mol. The van der Waals surface area contributed by atoms with Crippen molar-refractivity contribution in [1.82, 2.24) is 14.9 Å². The molecule has 84 valence electrons. The maximum Gasteiger partial charge on any atom is 0.122 e. The van der Waals surface area contributed by atoms with Gasteiger partial charge in [-0.1, -0.05) is 0 Å². The van der Waals surface area contributed by atoms with Gasteiger partial charge in [-0.3, -0.25) is 0 Å². The topological polar surface area (TPSA) is 39.1 Å². The first kappa shape index (κ1) is 9.66. The Kier molecular flexibility index (Phi) is 2.29. The van der Waals surface area contributed by atoms with Crippen molar-refractivity contribution >= 4 is 11.0 Å². The molecule has 4 heteroatoms. The molecular weight excluding hydrogens is 202 g/mol. The van der Waals surface area contributed by atoms with Gasteiger partial charge in [0.15, 0.2) is 0 Å². The van der Waals surface area contributed by atoms with Crippen LogP contribution in [0.1, 0.15) is 6.42 Å². The molecule has 1 saturated heterocycles. The van der Waals surface area contributed by atoms with Gasteiger partial charge in [-0.2, -0.15) is 0 Å². The molecular formula is C12H15N3O. The molecule has 0 spiro atoms. The molecule has 1 unspecified atom stereocenters.